The molecule has 0 unspecified atom stereocenters. The van der Waals surface area contributed by atoms with Gasteiger partial charge in [0.25, 0.3) is 5.91 Å². The van der Waals surface area contributed by atoms with Gasteiger partial charge in [0, 0.05) is 28.5 Å². The lowest BCUT2D eigenvalue weighted by Gasteiger charge is -2.08. The summed E-state index contributed by atoms with van der Waals surface area (Å²) in [4.78, 5) is 17.2. The molecule has 0 atom stereocenters. The van der Waals surface area contributed by atoms with Crippen LogP contribution in [0.4, 0.5) is 5.69 Å². The average molecular weight is 292 g/mol. The fraction of sp³-hybridized carbons (Fsp3) is 0.0769. The van der Waals surface area contributed by atoms with Gasteiger partial charge in [-0.25, -0.2) is 4.98 Å². The van der Waals surface area contributed by atoms with Crippen LogP contribution in [0, 0.1) is 6.92 Å². The minimum atomic E-state index is -0.158. The van der Waals surface area contributed by atoms with Crippen molar-refractivity contribution in [3.63, 3.8) is 0 Å². The predicted molar refractivity (Wildman–Crippen MR) is 77.2 cm³/mol. The van der Waals surface area contributed by atoms with Crippen LogP contribution in [-0.2, 0) is 0 Å². The highest BCUT2D eigenvalue weighted by Crippen LogP contribution is 2.21. The van der Waals surface area contributed by atoms with Gasteiger partial charge in [-0.15, -0.1) is 11.3 Å². The topological polar surface area (TPSA) is 46.4 Å². The number of aryl methyl sites for hydroxylation is 1. The molecule has 0 radical (unpaired) electrons. The van der Waals surface area contributed by atoms with Crippen LogP contribution in [0.2, 0.25) is 5.02 Å². The zero-order chi connectivity index (χ0) is 13.4. The molecule has 4 nitrogen and oxygen atoms in total. The molecule has 6 heteroatoms. The Balaban J connectivity index is 1.91. The number of carbonyl (C=O) groups is 1. The van der Waals surface area contributed by atoms with Crippen molar-refractivity contribution < 1.29 is 4.79 Å². The molecule has 96 valence electrons. The highest BCUT2D eigenvalue weighted by Gasteiger charge is 2.13. The number of fused-ring (bicyclic) bond motifs is 1. The number of anilines is 1. The molecule has 3 rings (SSSR count). The van der Waals surface area contributed by atoms with Crippen LogP contribution in [0.15, 0.2) is 36.0 Å². The minimum Gasteiger partial charge on any atom is -0.320 e. The molecule has 0 spiro atoms. The highest BCUT2D eigenvalue weighted by atomic mass is 35.5. The third-order valence-electron chi connectivity index (χ3n) is 2.81. The van der Waals surface area contributed by atoms with Gasteiger partial charge in [0.2, 0.25) is 0 Å². The molecule has 0 bridgehead atoms. The van der Waals surface area contributed by atoms with E-state index in [9.17, 15) is 4.79 Å². The summed E-state index contributed by atoms with van der Waals surface area (Å²) in [6, 6.07) is 5.37. The van der Waals surface area contributed by atoms with Gasteiger partial charge in [0.05, 0.1) is 0 Å². The molecule has 19 heavy (non-hydrogen) atoms. The van der Waals surface area contributed by atoms with Crippen LogP contribution in [0.5, 0.6) is 0 Å². The van der Waals surface area contributed by atoms with Crippen molar-refractivity contribution in [3.05, 3.63) is 52.3 Å². The Morgan fingerprint density at radius 3 is 3.11 bits per heavy atom. The van der Waals surface area contributed by atoms with Gasteiger partial charge in [0.1, 0.15) is 5.69 Å². The fourth-order valence-corrected chi connectivity index (χ4v) is 2.90. The molecule has 2 heterocycles. The van der Waals surface area contributed by atoms with E-state index in [2.05, 4.69) is 10.3 Å². The Labute approximate surface area is 118 Å². The van der Waals surface area contributed by atoms with E-state index in [4.69, 9.17) is 11.6 Å². The first-order valence-corrected chi connectivity index (χ1v) is 6.89. The summed E-state index contributed by atoms with van der Waals surface area (Å²) < 4.78 is 1.77. The molecule has 1 N–H and O–H groups in total. The summed E-state index contributed by atoms with van der Waals surface area (Å²) in [5, 5.41) is 5.33. The van der Waals surface area contributed by atoms with E-state index in [0.29, 0.717) is 10.7 Å². The van der Waals surface area contributed by atoms with Gasteiger partial charge in [-0.1, -0.05) is 11.6 Å². The standard InChI is InChI=1S/C13H10ClN3OS/c1-8-6-9(14)2-3-10(8)16-12(18)11-7-19-13-15-4-5-17(11)13/h2-7H,1H3,(H,16,18). The second kappa shape index (κ2) is 4.68. The number of halogens is 1. The first-order valence-electron chi connectivity index (χ1n) is 5.63. The maximum atomic E-state index is 12.2. The van der Waals surface area contributed by atoms with Crippen molar-refractivity contribution in [1.29, 1.82) is 0 Å². The van der Waals surface area contributed by atoms with Crippen molar-refractivity contribution in [2.75, 3.05) is 5.32 Å². The number of amides is 1. The normalized spacial score (nSPS) is 10.8. The maximum absolute atomic E-state index is 12.2. The van der Waals surface area contributed by atoms with E-state index in [1.165, 1.54) is 11.3 Å². The molecular weight excluding hydrogens is 282 g/mol. The van der Waals surface area contributed by atoms with Gasteiger partial charge in [0.15, 0.2) is 4.96 Å². The first kappa shape index (κ1) is 12.2. The Morgan fingerprint density at radius 2 is 2.32 bits per heavy atom. The van der Waals surface area contributed by atoms with Crippen LogP contribution in [0.1, 0.15) is 16.1 Å². The molecule has 0 fully saturated rings. The molecule has 1 amide bonds. The summed E-state index contributed by atoms with van der Waals surface area (Å²) in [5.74, 6) is -0.158. The number of benzene rings is 1. The number of imidazole rings is 1. The molecular formula is C13H10ClN3OS. The maximum Gasteiger partial charge on any atom is 0.273 e. The monoisotopic (exact) mass is 291 g/mol. The minimum absolute atomic E-state index is 0.158. The van der Waals surface area contributed by atoms with Gasteiger partial charge < -0.3 is 5.32 Å². The number of hydrogen-bond donors (Lipinski definition) is 1. The average Bonchev–Trinajstić information content (AvgIpc) is 2.94. The van der Waals surface area contributed by atoms with Crippen LogP contribution in [-0.4, -0.2) is 15.3 Å². The van der Waals surface area contributed by atoms with Crippen LogP contribution < -0.4 is 5.32 Å². The molecule has 0 aliphatic rings. The number of aromatic nitrogens is 2. The van der Waals surface area contributed by atoms with E-state index in [1.807, 2.05) is 13.0 Å². The Bertz CT molecular complexity index is 762. The number of nitrogens with zero attached hydrogens (tertiary/aromatic N) is 2. The zero-order valence-electron chi connectivity index (χ0n) is 10.1. The molecule has 1 aromatic carbocycles. The van der Waals surface area contributed by atoms with Gasteiger partial charge in [-0.2, -0.15) is 0 Å². The Kier molecular flexibility index (Phi) is 3.00. The molecule has 0 aliphatic carbocycles. The van der Waals surface area contributed by atoms with Gasteiger partial charge >= 0.3 is 0 Å². The number of rotatable bonds is 2. The quantitative estimate of drug-likeness (QED) is 0.784. The lowest BCUT2D eigenvalue weighted by Crippen LogP contribution is -2.14. The second-order valence-electron chi connectivity index (χ2n) is 4.11. The summed E-state index contributed by atoms with van der Waals surface area (Å²) in [5.41, 5.74) is 2.26. The molecule has 0 saturated carbocycles. The predicted octanol–water partition coefficient (Wildman–Crippen LogP) is 3.61. The highest BCUT2D eigenvalue weighted by molar-refractivity contribution is 7.15. The van der Waals surface area contributed by atoms with Crippen LogP contribution in [0.25, 0.3) is 4.96 Å². The molecule has 3 aromatic rings. The van der Waals surface area contributed by atoms with Gasteiger partial charge in [-0.05, 0) is 30.7 Å². The van der Waals surface area contributed by atoms with Crippen molar-refractivity contribution >= 4 is 39.5 Å². The summed E-state index contributed by atoms with van der Waals surface area (Å²) >= 11 is 7.33. The van der Waals surface area contributed by atoms with Crippen LogP contribution in [0.3, 0.4) is 0 Å². The summed E-state index contributed by atoms with van der Waals surface area (Å²) in [6.07, 6.45) is 3.45. The van der Waals surface area contributed by atoms with Crippen molar-refractivity contribution in [2.45, 2.75) is 6.92 Å². The third kappa shape index (κ3) is 2.22. The van der Waals surface area contributed by atoms with Crippen molar-refractivity contribution in [2.24, 2.45) is 0 Å². The van der Waals surface area contributed by atoms with E-state index in [-0.39, 0.29) is 5.91 Å². The fourth-order valence-electron chi connectivity index (χ4n) is 1.84. The zero-order valence-corrected chi connectivity index (χ0v) is 11.6. The SMILES string of the molecule is Cc1cc(Cl)ccc1NC(=O)c1csc2nccn12. The number of nitrogens with one attached hydrogen (secondary N) is 1. The van der Waals surface area contributed by atoms with E-state index in [0.717, 1.165) is 16.2 Å². The lowest BCUT2D eigenvalue weighted by atomic mass is 10.2. The number of thiazole rings is 1. The van der Waals surface area contributed by atoms with Crippen molar-refractivity contribution in [1.82, 2.24) is 9.38 Å². The smallest absolute Gasteiger partial charge is 0.273 e. The molecule has 2 aromatic heterocycles. The second-order valence-corrected chi connectivity index (χ2v) is 5.39. The van der Waals surface area contributed by atoms with Crippen LogP contribution >= 0.6 is 22.9 Å². The molecule has 0 aliphatic heterocycles. The van der Waals surface area contributed by atoms with E-state index in [1.54, 1.807) is 34.3 Å². The third-order valence-corrected chi connectivity index (χ3v) is 3.90. The first-order chi connectivity index (χ1) is 9.15. The Hall–Kier alpha value is -1.85. The summed E-state index contributed by atoms with van der Waals surface area (Å²) in [6.45, 7) is 1.90. The summed E-state index contributed by atoms with van der Waals surface area (Å²) in [7, 11) is 0. The number of hydrogen-bond acceptors (Lipinski definition) is 3. The van der Waals surface area contributed by atoms with E-state index < -0.39 is 0 Å². The molecule has 0 saturated heterocycles. The largest absolute Gasteiger partial charge is 0.320 e. The van der Waals surface area contributed by atoms with E-state index >= 15 is 0 Å². The Morgan fingerprint density at radius 1 is 1.47 bits per heavy atom. The van der Waals surface area contributed by atoms with Crippen molar-refractivity contribution in [3.8, 4) is 0 Å². The lowest BCUT2D eigenvalue weighted by molar-refractivity contribution is 0.102. The van der Waals surface area contributed by atoms with Gasteiger partial charge in [-0.3, -0.25) is 9.20 Å². The number of carbonyl (C=O) groups excluding carboxylic acids is 1.